The molecule has 37 heavy (non-hydrogen) atoms. The molecule has 1 atom stereocenters. The van der Waals surface area contributed by atoms with E-state index in [-0.39, 0.29) is 23.8 Å². The van der Waals surface area contributed by atoms with Gasteiger partial charge >= 0.3 is 5.97 Å². The number of rotatable bonds is 7. The van der Waals surface area contributed by atoms with Crippen molar-refractivity contribution in [2.24, 2.45) is 0 Å². The zero-order valence-corrected chi connectivity index (χ0v) is 21.4. The number of carbonyl (C=O) groups excluding carboxylic acids is 1. The number of nitrogens with one attached hydrogen (secondary N) is 1. The predicted molar refractivity (Wildman–Crippen MR) is 136 cm³/mol. The number of likely N-dealkylation sites (tertiary alicyclic amines) is 1. The lowest BCUT2D eigenvalue weighted by Crippen LogP contribution is -2.55. The fourth-order valence-electron chi connectivity index (χ4n) is 4.78. The largest absolute Gasteiger partial charge is 0.493 e. The maximum absolute atomic E-state index is 13.6. The summed E-state index contributed by atoms with van der Waals surface area (Å²) in [6.45, 7) is 3.90. The van der Waals surface area contributed by atoms with E-state index in [1.54, 1.807) is 19.2 Å². The molecular weight excluding hydrogens is 503 g/mol. The van der Waals surface area contributed by atoms with Gasteiger partial charge < -0.3 is 24.3 Å². The van der Waals surface area contributed by atoms with E-state index < -0.39 is 11.4 Å². The van der Waals surface area contributed by atoms with E-state index in [0.29, 0.717) is 66.4 Å². The first-order valence-corrected chi connectivity index (χ1v) is 12.5. The molecule has 1 N–H and O–H groups in total. The fraction of sp³-hybridized carbons (Fsp3) is 0.423. The number of anilines is 2. The zero-order chi connectivity index (χ0) is 26.0. The third kappa shape index (κ3) is 5.41. The number of aromatic nitrogens is 2. The average molecular weight is 531 g/mol. The second-order valence-corrected chi connectivity index (χ2v) is 9.57. The minimum absolute atomic E-state index is 0.0118. The Morgan fingerprint density at radius 1 is 1.22 bits per heavy atom. The van der Waals surface area contributed by atoms with Gasteiger partial charge in [0.15, 0.2) is 17.7 Å². The van der Waals surface area contributed by atoms with Crippen LogP contribution >= 0.6 is 11.6 Å². The Kier molecular flexibility index (Phi) is 7.32. The third-order valence-corrected chi connectivity index (χ3v) is 7.04. The van der Waals surface area contributed by atoms with Crippen LogP contribution in [0.4, 0.5) is 15.9 Å². The lowest BCUT2D eigenvalue weighted by molar-refractivity contribution is -0.200. The number of fused-ring (bicyclic) bond motifs is 1. The van der Waals surface area contributed by atoms with Gasteiger partial charge in [-0.1, -0.05) is 18.5 Å². The van der Waals surface area contributed by atoms with Crippen molar-refractivity contribution in [2.75, 3.05) is 38.7 Å². The second-order valence-electron chi connectivity index (χ2n) is 9.16. The highest BCUT2D eigenvalue weighted by Crippen LogP contribution is 2.37. The molecule has 5 rings (SSSR count). The van der Waals surface area contributed by atoms with Gasteiger partial charge in [-0.05, 0) is 30.7 Å². The van der Waals surface area contributed by atoms with E-state index in [2.05, 4.69) is 27.1 Å². The Bertz CT molecular complexity index is 1300. The van der Waals surface area contributed by atoms with Gasteiger partial charge in [0.25, 0.3) is 0 Å². The fourth-order valence-corrected chi connectivity index (χ4v) is 4.96. The zero-order valence-electron chi connectivity index (χ0n) is 20.6. The molecule has 9 nitrogen and oxygen atoms in total. The molecule has 1 unspecified atom stereocenters. The first-order valence-electron chi connectivity index (χ1n) is 12.1. The molecule has 3 heterocycles. The molecule has 11 heteroatoms. The van der Waals surface area contributed by atoms with Gasteiger partial charge in [-0.3, -0.25) is 4.90 Å². The molecule has 0 radical (unpaired) electrons. The molecule has 2 aliphatic heterocycles. The topological polar surface area (TPSA) is 95.0 Å². The van der Waals surface area contributed by atoms with Gasteiger partial charge in [-0.25, -0.2) is 19.2 Å². The molecule has 196 valence electrons. The lowest BCUT2D eigenvalue weighted by Gasteiger charge is -2.44. The van der Waals surface area contributed by atoms with E-state index in [1.165, 1.54) is 18.5 Å². The summed E-state index contributed by atoms with van der Waals surface area (Å²) in [5.74, 6) is 0.808. The molecule has 2 aliphatic rings. The first kappa shape index (κ1) is 25.4. The quantitative estimate of drug-likeness (QED) is 0.436. The van der Waals surface area contributed by atoms with E-state index in [4.69, 9.17) is 30.5 Å². The Morgan fingerprint density at radius 2 is 2.03 bits per heavy atom. The second kappa shape index (κ2) is 10.6. The molecule has 0 saturated carbocycles. The summed E-state index contributed by atoms with van der Waals surface area (Å²) in [4.78, 5) is 22.7. The van der Waals surface area contributed by atoms with Crippen molar-refractivity contribution in [2.45, 2.75) is 38.0 Å². The maximum atomic E-state index is 13.6. The van der Waals surface area contributed by atoms with E-state index in [1.807, 2.05) is 6.07 Å². The number of carbonyl (C=O) groups is 1. The normalized spacial score (nSPS) is 18.4. The number of esters is 1. The number of piperidine rings is 1. The number of hydrogen-bond donors (Lipinski definition) is 1. The van der Waals surface area contributed by atoms with E-state index in [0.717, 1.165) is 6.42 Å². The van der Waals surface area contributed by atoms with Crippen LogP contribution in [0.3, 0.4) is 0 Å². The summed E-state index contributed by atoms with van der Waals surface area (Å²) in [5, 5.41) is 3.90. The number of hydrogen-bond acceptors (Lipinski definition) is 9. The van der Waals surface area contributed by atoms with Crippen molar-refractivity contribution in [3.05, 3.63) is 47.5 Å². The van der Waals surface area contributed by atoms with Gasteiger partial charge in [0.1, 0.15) is 30.2 Å². The molecule has 2 fully saturated rings. The standard InChI is InChI=1S/C26H28ClFN4O5/c1-3-23(32-8-6-26(7-9-32)14-35-13-24(33)37-26)36-22-11-17-20(12-21(22)34-2)29-15-30-25(17)31-16-4-5-19(28)18(27)10-16/h4-5,10-12,15,23H,3,6-9,13-14H2,1-2H3,(H,29,30,31). The SMILES string of the molecule is CCC(Oc1cc2c(Nc3ccc(F)c(Cl)c3)ncnc2cc1OC)N1CCC2(CC1)COCC(=O)O2. The predicted octanol–water partition coefficient (Wildman–Crippen LogP) is 4.70. The highest BCUT2D eigenvalue weighted by molar-refractivity contribution is 6.31. The van der Waals surface area contributed by atoms with Crippen LogP contribution in [0.1, 0.15) is 26.2 Å². The Labute approximate surface area is 218 Å². The summed E-state index contributed by atoms with van der Waals surface area (Å²) in [7, 11) is 1.58. The van der Waals surface area contributed by atoms with Crippen molar-refractivity contribution < 1.29 is 28.1 Å². The van der Waals surface area contributed by atoms with Crippen molar-refractivity contribution >= 4 is 40.0 Å². The van der Waals surface area contributed by atoms with Crippen LogP contribution in [0.25, 0.3) is 10.9 Å². The minimum atomic E-state index is -0.550. The summed E-state index contributed by atoms with van der Waals surface area (Å²) < 4.78 is 36.8. The summed E-state index contributed by atoms with van der Waals surface area (Å²) >= 11 is 5.94. The van der Waals surface area contributed by atoms with Crippen LogP contribution in [0.15, 0.2) is 36.7 Å². The van der Waals surface area contributed by atoms with Crippen LogP contribution in [-0.4, -0.2) is 66.1 Å². The van der Waals surface area contributed by atoms with Crippen LogP contribution in [0, 0.1) is 5.82 Å². The third-order valence-electron chi connectivity index (χ3n) is 6.75. The summed E-state index contributed by atoms with van der Waals surface area (Å²) in [6, 6.07) is 8.01. The number of benzene rings is 2. The van der Waals surface area contributed by atoms with Crippen LogP contribution < -0.4 is 14.8 Å². The van der Waals surface area contributed by atoms with Crippen molar-refractivity contribution in [3.63, 3.8) is 0 Å². The molecule has 2 aromatic carbocycles. The Balaban J connectivity index is 1.38. The van der Waals surface area contributed by atoms with E-state index in [9.17, 15) is 9.18 Å². The Morgan fingerprint density at radius 3 is 2.73 bits per heavy atom. The highest BCUT2D eigenvalue weighted by Gasteiger charge is 2.42. The van der Waals surface area contributed by atoms with Crippen molar-refractivity contribution in [1.29, 1.82) is 0 Å². The summed E-state index contributed by atoms with van der Waals surface area (Å²) in [6.07, 6.45) is 3.30. The molecule has 1 spiro atoms. The first-order chi connectivity index (χ1) is 17.9. The van der Waals surface area contributed by atoms with Gasteiger partial charge in [0.05, 0.1) is 24.3 Å². The number of ether oxygens (including phenoxy) is 4. The number of methoxy groups -OCH3 is 1. The molecular formula is C26H28ClFN4O5. The summed E-state index contributed by atoms with van der Waals surface area (Å²) in [5.41, 5.74) is 0.694. The van der Waals surface area contributed by atoms with Crippen LogP contribution in [-0.2, 0) is 14.3 Å². The molecule has 1 aromatic heterocycles. The average Bonchev–Trinajstić information content (AvgIpc) is 2.90. The van der Waals surface area contributed by atoms with Gasteiger partial charge in [0, 0.05) is 43.1 Å². The molecule has 2 saturated heterocycles. The highest BCUT2D eigenvalue weighted by atomic mass is 35.5. The number of nitrogens with zero attached hydrogens (tertiary/aromatic N) is 3. The number of halogens is 2. The Hall–Kier alpha value is -3.21. The van der Waals surface area contributed by atoms with Crippen molar-refractivity contribution in [1.82, 2.24) is 14.9 Å². The molecule has 0 aliphatic carbocycles. The molecule has 3 aromatic rings. The van der Waals surface area contributed by atoms with Crippen LogP contribution in [0.2, 0.25) is 5.02 Å². The monoisotopic (exact) mass is 530 g/mol. The molecule has 0 bridgehead atoms. The smallest absolute Gasteiger partial charge is 0.332 e. The van der Waals surface area contributed by atoms with Crippen LogP contribution in [0.5, 0.6) is 11.5 Å². The minimum Gasteiger partial charge on any atom is -0.493 e. The van der Waals surface area contributed by atoms with E-state index >= 15 is 0 Å². The maximum Gasteiger partial charge on any atom is 0.332 e. The lowest BCUT2D eigenvalue weighted by atomic mass is 9.91. The van der Waals surface area contributed by atoms with Gasteiger partial charge in [0.2, 0.25) is 0 Å². The van der Waals surface area contributed by atoms with Crippen molar-refractivity contribution in [3.8, 4) is 11.5 Å². The molecule has 0 amide bonds. The van der Waals surface area contributed by atoms with Gasteiger partial charge in [-0.15, -0.1) is 0 Å². The van der Waals surface area contributed by atoms with Gasteiger partial charge in [-0.2, -0.15) is 0 Å².